The molecule has 0 N–H and O–H groups in total. The molecule has 4 rings (SSSR count). The van der Waals surface area contributed by atoms with Gasteiger partial charge in [0.15, 0.2) is 0 Å². The molecule has 1 fully saturated rings. The maximum atomic E-state index is 12.6. The van der Waals surface area contributed by atoms with Gasteiger partial charge in [-0.1, -0.05) is 29.7 Å². The minimum atomic E-state index is -0.115. The third-order valence-corrected chi connectivity index (χ3v) is 4.93. The molecule has 1 saturated heterocycles. The Hall–Kier alpha value is -3.00. The van der Waals surface area contributed by atoms with Crippen LogP contribution >= 0.6 is 0 Å². The van der Waals surface area contributed by atoms with Gasteiger partial charge in [-0.25, -0.2) is 15.0 Å². The average Bonchev–Trinajstić information content (AvgIpc) is 2.97. The molecule has 0 spiro atoms. The van der Waals surface area contributed by atoms with Gasteiger partial charge >= 0.3 is 0 Å². The first-order valence-corrected chi connectivity index (χ1v) is 9.39. The van der Waals surface area contributed by atoms with Gasteiger partial charge < -0.3 is 9.64 Å². The molecule has 1 aliphatic heterocycles. The summed E-state index contributed by atoms with van der Waals surface area (Å²) in [5, 5.41) is 0. The Morgan fingerprint density at radius 2 is 2.11 bits per heavy atom. The van der Waals surface area contributed by atoms with Crippen molar-refractivity contribution in [1.82, 2.24) is 19.5 Å². The predicted molar refractivity (Wildman–Crippen MR) is 111 cm³/mol. The summed E-state index contributed by atoms with van der Waals surface area (Å²) in [6, 6.07) is 11.6. The van der Waals surface area contributed by atoms with Crippen LogP contribution in [0.15, 0.2) is 53.7 Å². The smallest absolute Gasteiger partial charge is 0.255 e. The maximum absolute atomic E-state index is 12.6. The molecule has 0 amide bonds. The number of hydrogen-bond donors (Lipinski definition) is 0. The maximum Gasteiger partial charge on any atom is 0.255 e. The molecule has 142 valence electrons. The van der Waals surface area contributed by atoms with Crippen molar-refractivity contribution in [3.05, 3.63) is 64.8 Å². The van der Waals surface area contributed by atoms with Crippen LogP contribution < -0.4 is 15.9 Å². The summed E-state index contributed by atoms with van der Waals surface area (Å²) in [4.78, 5) is 27.6. The van der Waals surface area contributed by atoms with Gasteiger partial charge in [0.25, 0.3) is 5.56 Å². The zero-order chi connectivity index (χ0) is 19.5. The van der Waals surface area contributed by atoms with E-state index in [0.717, 1.165) is 18.5 Å². The quantitative estimate of drug-likeness (QED) is 0.620. The number of aromatic nitrogens is 4. The standard InChI is InChI=1S/C20H22BN5O2/c1-25-19(27)11-17(16-6-7-22-13-23-16)24-20(25)26-8-3-9-28-18(12-26)14-4-2-5-15(21)10-14/h2,4-7,10-11,13,18H,3,8-9,12,21H2,1H3/t18-/m1/s1. The minimum Gasteiger partial charge on any atom is -0.372 e. The van der Waals surface area contributed by atoms with Crippen molar-refractivity contribution in [3.8, 4) is 11.4 Å². The Kier molecular flexibility index (Phi) is 5.21. The lowest BCUT2D eigenvalue weighted by Crippen LogP contribution is -2.34. The molecule has 3 heterocycles. The summed E-state index contributed by atoms with van der Waals surface area (Å²) in [6.45, 7) is 2.08. The van der Waals surface area contributed by atoms with Crippen LogP contribution in [0.25, 0.3) is 11.4 Å². The van der Waals surface area contributed by atoms with Crippen molar-refractivity contribution < 1.29 is 4.74 Å². The van der Waals surface area contributed by atoms with Gasteiger partial charge in [-0.2, -0.15) is 0 Å². The van der Waals surface area contributed by atoms with E-state index in [4.69, 9.17) is 9.72 Å². The second kappa shape index (κ2) is 7.94. The van der Waals surface area contributed by atoms with Crippen LogP contribution in [0.5, 0.6) is 0 Å². The van der Waals surface area contributed by atoms with E-state index < -0.39 is 0 Å². The van der Waals surface area contributed by atoms with Crippen molar-refractivity contribution in [2.75, 3.05) is 24.6 Å². The lowest BCUT2D eigenvalue weighted by Gasteiger charge is -2.27. The highest BCUT2D eigenvalue weighted by Gasteiger charge is 2.24. The summed E-state index contributed by atoms with van der Waals surface area (Å²) in [6.07, 6.45) is 3.91. The molecule has 1 aliphatic rings. The molecule has 0 radical (unpaired) electrons. The van der Waals surface area contributed by atoms with Gasteiger partial charge in [-0.15, -0.1) is 0 Å². The molecule has 0 aliphatic carbocycles. The summed E-state index contributed by atoms with van der Waals surface area (Å²) < 4.78 is 7.69. The molecule has 3 aromatic rings. The van der Waals surface area contributed by atoms with Gasteiger partial charge in [0, 0.05) is 32.5 Å². The van der Waals surface area contributed by atoms with E-state index in [1.165, 1.54) is 17.9 Å². The second-order valence-corrected chi connectivity index (χ2v) is 7.01. The summed E-state index contributed by atoms with van der Waals surface area (Å²) in [5.41, 5.74) is 3.42. The van der Waals surface area contributed by atoms with E-state index in [1.807, 2.05) is 6.07 Å². The summed E-state index contributed by atoms with van der Waals surface area (Å²) >= 11 is 0. The Morgan fingerprint density at radius 1 is 1.21 bits per heavy atom. The SMILES string of the molecule is Bc1cccc([C@H]2CN(c3nc(-c4ccncn4)cc(=O)n3C)CCCO2)c1. The fraction of sp³-hybridized carbons (Fsp3) is 0.300. The summed E-state index contributed by atoms with van der Waals surface area (Å²) in [7, 11) is 3.83. The van der Waals surface area contributed by atoms with E-state index in [9.17, 15) is 4.79 Å². The van der Waals surface area contributed by atoms with Crippen LogP contribution in [-0.2, 0) is 11.8 Å². The predicted octanol–water partition coefficient (Wildman–Crippen LogP) is 0.464. The van der Waals surface area contributed by atoms with E-state index in [1.54, 1.807) is 23.9 Å². The average molecular weight is 375 g/mol. The van der Waals surface area contributed by atoms with E-state index in [2.05, 4.69) is 40.9 Å². The van der Waals surface area contributed by atoms with Gasteiger partial charge in [-0.3, -0.25) is 9.36 Å². The van der Waals surface area contributed by atoms with Crippen LogP contribution in [0.4, 0.5) is 5.95 Å². The monoisotopic (exact) mass is 375 g/mol. The van der Waals surface area contributed by atoms with Gasteiger partial charge in [0.05, 0.1) is 17.9 Å². The number of benzene rings is 1. The number of ether oxygens (including phenoxy) is 1. The number of hydrogen-bond acceptors (Lipinski definition) is 6. The molecule has 0 bridgehead atoms. The van der Waals surface area contributed by atoms with Gasteiger partial charge in [-0.05, 0) is 18.1 Å². The van der Waals surface area contributed by atoms with E-state index in [0.29, 0.717) is 30.5 Å². The molecule has 0 saturated carbocycles. The van der Waals surface area contributed by atoms with E-state index in [-0.39, 0.29) is 11.7 Å². The van der Waals surface area contributed by atoms with Crippen LogP contribution in [0, 0.1) is 0 Å². The minimum absolute atomic E-state index is 0.0676. The van der Waals surface area contributed by atoms with Crippen LogP contribution in [-0.4, -0.2) is 47.1 Å². The van der Waals surface area contributed by atoms with Gasteiger partial charge in [0.1, 0.15) is 20.3 Å². The Labute approximate surface area is 164 Å². The Balaban J connectivity index is 1.70. The largest absolute Gasteiger partial charge is 0.372 e. The van der Waals surface area contributed by atoms with Crippen LogP contribution in [0.1, 0.15) is 18.1 Å². The Bertz CT molecular complexity index is 1020. The highest BCUT2D eigenvalue weighted by Crippen LogP contribution is 2.25. The molecule has 28 heavy (non-hydrogen) atoms. The number of rotatable bonds is 3. The highest BCUT2D eigenvalue weighted by atomic mass is 16.5. The van der Waals surface area contributed by atoms with E-state index >= 15 is 0 Å². The first-order valence-electron chi connectivity index (χ1n) is 9.39. The van der Waals surface area contributed by atoms with Crippen molar-refractivity contribution in [2.24, 2.45) is 7.05 Å². The number of nitrogens with zero attached hydrogens (tertiary/aromatic N) is 5. The van der Waals surface area contributed by atoms with Crippen LogP contribution in [0.3, 0.4) is 0 Å². The number of anilines is 1. The second-order valence-electron chi connectivity index (χ2n) is 7.01. The molecule has 2 aromatic heterocycles. The van der Waals surface area contributed by atoms with Crippen LogP contribution in [0.2, 0.25) is 0 Å². The van der Waals surface area contributed by atoms with Crippen molar-refractivity contribution in [1.29, 1.82) is 0 Å². The zero-order valence-electron chi connectivity index (χ0n) is 16.1. The Morgan fingerprint density at radius 3 is 2.89 bits per heavy atom. The third-order valence-electron chi connectivity index (χ3n) is 4.93. The fourth-order valence-electron chi connectivity index (χ4n) is 3.46. The molecule has 8 heteroatoms. The molecular formula is C20H22BN5O2. The normalized spacial score (nSPS) is 17.3. The topological polar surface area (TPSA) is 73.1 Å². The molecular weight excluding hydrogens is 353 g/mol. The fourth-order valence-corrected chi connectivity index (χ4v) is 3.46. The first-order chi connectivity index (χ1) is 13.6. The molecule has 0 unspecified atom stereocenters. The third kappa shape index (κ3) is 3.82. The highest BCUT2D eigenvalue weighted by molar-refractivity contribution is 6.32. The van der Waals surface area contributed by atoms with Gasteiger partial charge in [0.2, 0.25) is 5.95 Å². The zero-order valence-corrected chi connectivity index (χ0v) is 16.1. The van der Waals surface area contributed by atoms with Crippen molar-refractivity contribution in [3.63, 3.8) is 0 Å². The van der Waals surface area contributed by atoms with Crippen molar-refractivity contribution >= 4 is 19.3 Å². The lowest BCUT2D eigenvalue weighted by atomic mass is 9.93. The molecule has 1 aromatic carbocycles. The van der Waals surface area contributed by atoms with Crippen molar-refractivity contribution in [2.45, 2.75) is 12.5 Å². The molecule has 7 nitrogen and oxygen atoms in total. The summed E-state index contributed by atoms with van der Waals surface area (Å²) in [5.74, 6) is 0.629. The lowest BCUT2D eigenvalue weighted by molar-refractivity contribution is 0.0686. The molecule has 1 atom stereocenters. The first kappa shape index (κ1) is 18.4.